The summed E-state index contributed by atoms with van der Waals surface area (Å²) >= 11 is 5.67. The van der Waals surface area contributed by atoms with Crippen LogP contribution in [-0.4, -0.2) is 20.9 Å². The Morgan fingerprint density at radius 3 is 2.56 bits per heavy atom. The number of rotatable bonds is 5. The molecule has 0 atom stereocenters. The van der Waals surface area contributed by atoms with Crippen molar-refractivity contribution in [3.05, 3.63) is 46.8 Å². The Kier molecular flexibility index (Phi) is 4.37. The van der Waals surface area contributed by atoms with Crippen molar-refractivity contribution < 1.29 is 0 Å². The average Bonchev–Trinajstić information content (AvgIpc) is 2.72. The molecule has 1 aromatic carbocycles. The summed E-state index contributed by atoms with van der Waals surface area (Å²) in [5, 5.41) is 8.30. The highest BCUT2D eigenvalue weighted by molar-refractivity contribution is 6.17. The minimum Gasteiger partial charge on any atom is -0.248 e. The van der Waals surface area contributed by atoms with E-state index in [0.717, 1.165) is 25.1 Å². The van der Waals surface area contributed by atoms with Gasteiger partial charge in [0, 0.05) is 12.1 Å². The Morgan fingerprint density at radius 2 is 1.89 bits per heavy atom. The van der Waals surface area contributed by atoms with Crippen molar-refractivity contribution in [2.45, 2.75) is 33.2 Å². The van der Waals surface area contributed by atoms with E-state index >= 15 is 0 Å². The van der Waals surface area contributed by atoms with Crippen LogP contribution >= 0.6 is 11.6 Å². The quantitative estimate of drug-likeness (QED) is 0.776. The summed E-state index contributed by atoms with van der Waals surface area (Å²) in [6, 6.07) is 6.55. The summed E-state index contributed by atoms with van der Waals surface area (Å²) in [5.74, 6) is 0.671. The molecule has 0 spiro atoms. The predicted octanol–water partition coefficient (Wildman–Crippen LogP) is 3.11. The van der Waals surface area contributed by atoms with Gasteiger partial charge in [-0.2, -0.15) is 0 Å². The van der Waals surface area contributed by atoms with Gasteiger partial charge >= 0.3 is 0 Å². The zero-order valence-electron chi connectivity index (χ0n) is 10.9. The first kappa shape index (κ1) is 13.1. The first-order valence-electron chi connectivity index (χ1n) is 6.19. The highest BCUT2D eigenvalue weighted by Crippen LogP contribution is 2.10. The third kappa shape index (κ3) is 3.57. The van der Waals surface area contributed by atoms with E-state index in [1.807, 2.05) is 10.9 Å². The van der Waals surface area contributed by atoms with E-state index in [2.05, 4.69) is 42.4 Å². The molecular formula is C14H18ClN3. The Balaban J connectivity index is 2.06. The number of aromatic nitrogens is 3. The minimum atomic E-state index is 0.671. The summed E-state index contributed by atoms with van der Waals surface area (Å²) in [6.07, 6.45) is 3.85. The monoisotopic (exact) mass is 263 g/mol. The van der Waals surface area contributed by atoms with Crippen molar-refractivity contribution in [2.24, 2.45) is 0 Å². The predicted molar refractivity (Wildman–Crippen MR) is 74.1 cm³/mol. The largest absolute Gasteiger partial charge is 0.248 e. The third-order valence-corrected chi connectivity index (χ3v) is 3.05. The average molecular weight is 264 g/mol. The van der Waals surface area contributed by atoms with Gasteiger partial charge in [0.1, 0.15) is 0 Å². The van der Waals surface area contributed by atoms with Crippen LogP contribution in [-0.2, 0) is 13.0 Å². The number of aryl methyl sites for hydroxylation is 3. The fourth-order valence-electron chi connectivity index (χ4n) is 2.13. The molecule has 0 aliphatic heterocycles. The highest BCUT2D eigenvalue weighted by atomic mass is 35.5. The molecule has 0 saturated heterocycles. The van der Waals surface area contributed by atoms with Crippen molar-refractivity contribution in [1.82, 2.24) is 15.0 Å². The molecular weight excluding hydrogens is 246 g/mol. The summed E-state index contributed by atoms with van der Waals surface area (Å²) < 4.78 is 1.89. The SMILES string of the molecule is Cc1cc(C)cc(Cn2cc(CCCCl)nn2)c1. The number of alkyl halides is 1. The van der Waals surface area contributed by atoms with Crippen molar-refractivity contribution in [1.29, 1.82) is 0 Å². The van der Waals surface area contributed by atoms with Crippen LogP contribution in [0.2, 0.25) is 0 Å². The van der Waals surface area contributed by atoms with Crippen LogP contribution in [0.3, 0.4) is 0 Å². The molecule has 0 radical (unpaired) electrons. The molecule has 0 amide bonds. The molecule has 96 valence electrons. The summed E-state index contributed by atoms with van der Waals surface area (Å²) in [5.41, 5.74) is 4.85. The second-order valence-corrected chi connectivity index (χ2v) is 5.07. The molecule has 2 aromatic rings. The Hall–Kier alpha value is -1.35. The molecule has 0 N–H and O–H groups in total. The van der Waals surface area contributed by atoms with E-state index < -0.39 is 0 Å². The molecule has 0 bridgehead atoms. The van der Waals surface area contributed by atoms with Crippen LogP contribution in [0.5, 0.6) is 0 Å². The normalized spacial score (nSPS) is 10.8. The van der Waals surface area contributed by atoms with Gasteiger partial charge in [0.15, 0.2) is 0 Å². The van der Waals surface area contributed by atoms with Crippen LogP contribution in [0, 0.1) is 13.8 Å². The molecule has 18 heavy (non-hydrogen) atoms. The van der Waals surface area contributed by atoms with Crippen LogP contribution in [0.15, 0.2) is 24.4 Å². The van der Waals surface area contributed by atoms with E-state index in [-0.39, 0.29) is 0 Å². The molecule has 3 nitrogen and oxygen atoms in total. The van der Waals surface area contributed by atoms with Gasteiger partial charge in [0.25, 0.3) is 0 Å². The molecule has 0 fully saturated rings. The van der Waals surface area contributed by atoms with Gasteiger partial charge in [-0.05, 0) is 32.3 Å². The Morgan fingerprint density at radius 1 is 1.17 bits per heavy atom. The zero-order valence-corrected chi connectivity index (χ0v) is 11.6. The number of hydrogen-bond acceptors (Lipinski definition) is 2. The standard InChI is InChI=1S/C14H18ClN3/c1-11-6-12(2)8-13(7-11)9-18-10-14(16-17-18)4-3-5-15/h6-8,10H,3-5,9H2,1-2H3. The Labute approximate surface area is 113 Å². The smallest absolute Gasteiger partial charge is 0.0827 e. The number of benzene rings is 1. The molecule has 0 aliphatic rings. The zero-order chi connectivity index (χ0) is 13.0. The third-order valence-electron chi connectivity index (χ3n) is 2.78. The molecule has 1 aromatic heterocycles. The molecule has 0 unspecified atom stereocenters. The number of hydrogen-bond donors (Lipinski definition) is 0. The van der Waals surface area contributed by atoms with Crippen molar-refractivity contribution >= 4 is 11.6 Å². The van der Waals surface area contributed by atoms with Crippen molar-refractivity contribution in [2.75, 3.05) is 5.88 Å². The van der Waals surface area contributed by atoms with Gasteiger partial charge in [-0.25, -0.2) is 4.68 Å². The van der Waals surface area contributed by atoms with Crippen LogP contribution in [0.1, 0.15) is 28.8 Å². The maximum absolute atomic E-state index is 5.67. The maximum atomic E-state index is 5.67. The molecule has 4 heteroatoms. The molecule has 0 aliphatic carbocycles. The molecule has 1 heterocycles. The summed E-state index contributed by atoms with van der Waals surface area (Å²) in [6.45, 7) is 5.00. The van der Waals surface area contributed by atoms with Crippen LogP contribution in [0.4, 0.5) is 0 Å². The second-order valence-electron chi connectivity index (χ2n) is 4.70. The lowest BCUT2D eigenvalue weighted by Gasteiger charge is -2.04. The van der Waals surface area contributed by atoms with Gasteiger partial charge in [-0.15, -0.1) is 16.7 Å². The maximum Gasteiger partial charge on any atom is 0.0827 e. The van der Waals surface area contributed by atoms with Crippen LogP contribution in [0.25, 0.3) is 0 Å². The second kappa shape index (κ2) is 6.01. The minimum absolute atomic E-state index is 0.671. The van der Waals surface area contributed by atoms with Gasteiger partial charge in [-0.3, -0.25) is 0 Å². The molecule has 0 saturated carbocycles. The highest BCUT2D eigenvalue weighted by Gasteiger charge is 2.02. The lowest BCUT2D eigenvalue weighted by molar-refractivity contribution is 0.648. The van der Waals surface area contributed by atoms with Crippen molar-refractivity contribution in [3.8, 4) is 0 Å². The fraction of sp³-hybridized carbons (Fsp3) is 0.429. The lowest BCUT2D eigenvalue weighted by atomic mass is 10.1. The van der Waals surface area contributed by atoms with E-state index in [4.69, 9.17) is 11.6 Å². The fourth-order valence-corrected chi connectivity index (χ4v) is 2.26. The van der Waals surface area contributed by atoms with Gasteiger partial charge in [0.2, 0.25) is 0 Å². The van der Waals surface area contributed by atoms with Gasteiger partial charge in [-0.1, -0.05) is 34.5 Å². The summed E-state index contributed by atoms with van der Waals surface area (Å²) in [4.78, 5) is 0. The lowest BCUT2D eigenvalue weighted by Crippen LogP contribution is -2.01. The first-order valence-corrected chi connectivity index (χ1v) is 6.73. The van der Waals surface area contributed by atoms with E-state index in [1.54, 1.807) is 0 Å². The Bertz CT molecular complexity index is 499. The number of nitrogens with zero attached hydrogens (tertiary/aromatic N) is 3. The van der Waals surface area contributed by atoms with Crippen molar-refractivity contribution in [3.63, 3.8) is 0 Å². The van der Waals surface area contributed by atoms with Gasteiger partial charge in [0.05, 0.1) is 12.2 Å². The van der Waals surface area contributed by atoms with E-state index in [1.165, 1.54) is 16.7 Å². The topological polar surface area (TPSA) is 30.7 Å². The van der Waals surface area contributed by atoms with E-state index in [9.17, 15) is 0 Å². The van der Waals surface area contributed by atoms with E-state index in [0.29, 0.717) is 5.88 Å². The number of halogens is 1. The summed E-state index contributed by atoms with van der Waals surface area (Å²) in [7, 11) is 0. The van der Waals surface area contributed by atoms with Gasteiger partial charge < -0.3 is 0 Å². The first-order chi connectivity index (χ1) is 8.67. The molecule has 2 rings (SSSR count). The van der Waals surface area contributed by atoms with Crippen LogP contribution < -0.4 is 0 Å².